The van der Waals surface area contributed by atoms with E-state index in [9.17, 15) is 9.50 Å². The molecule has 0 saturated carbocycles. The molecule has 0 aliphatic carbocycles. The summed E-state index contributed by atoms with van der Waals surface area (Å²) in [5.41, 5.74) is 2.11. The fraction of sp³-hybridized carbons (Fsp3) is 0.478. The average Bonchev–Trinajstić information content (AvgIpc) is 2.73. The van der Waals surface area contributed by atoms with E-state index in [1.165, 1.54) is 5.56 Å². The molecule has 4 nitrogen and oxygen atoms in total. The molecule has 152 valence electrons. The molecule has 5 heteroatoms. The maximum Gasteiger partial charge on any atom is 0.199 e. The van der Waals surface area contributed by atoms with Crippen molar-refractivity contribution in [2.45, 2.75) is 50.9 Å². The number of ether oxygens (including phenoxy) is 3. The predicted molar refractivity (Wildman–Crippen MR) is 107 cm³/mol. The Labute approximate surface area is 166 Å². The molecule has 3 rings (SSSR count). The van der Waals surface area contributed by atoms with Gasteiger partial charge >= 0.3 is 0 Å². The van der Waals surface area contributed by atoms with Crippen LogP contribution in [0.1, 0.15) is 44.2 Å². The highest BCUT2D eigenvalue weighted by atomic mass is 19.1. The number of alkyl halides is 1. The zero-order chi connectivity index (χ0) is 20.0. The molecule has 1 fully saturated rings. The van der Waals surface area contributed by atoms with Gasteiger partial charge in [0.1, 0.15) is 30.9 Å². The van der Waals surface area contributed by atoms with Gasteiger partial charge in [-0.15, -0.1) is 0 Å². The van der Waals surface area contributed by atoms with Gasteiger partial charge in [0, 0.05) is 11.8 Å². The van der Waals surface area contributed by atoms with Gasteiger partial charge in [-0.2, -0.15) is 0 Å². The Balaban J connectivity index is 1.64. The second-order valence-corrected chi connectivity index (χ2v) is 7.71. The van der Waals surface area contributed by atoms with Crippen LogP contribution in [-0.2, 0) is 10.2 Å². The van der Waals surface area contributed by atoms with Gasteiger partial charge in [0.05, 0.1) is 6.61 Å². The fourth-order valence-corrected chi connectivity index (χ4v) is 3.28. The minimum absolute atomic E-state index is 0.0502. The molecule has 2 aromatic rings. The maximum absolute atomic E-state index is 12.3. The first-order valence-corrected chi connectivity index (χ1v) is 9.85. The van der Waals surface area contributed by atoms with Crippen molar-refractivity contribution in [1.29, 1.82) is 0 Å². The summed E-state index contributed by atoms with van der Waals surface area (Å²) in [6, 6.07) is 15.8. The normalized spacial score (nSPS) is 18.5. The molecule has 1 aliphatic heterocycles. The Kier molecular flexibility index (Phi) is 6.92. The SMILES string of the molecule is CC(C)(c1ccc(OCC(O)CF)cc1)c1ccc(OC2CCCCO2)cc1. The van der Waals surface area contributed by atoms with Crippen molar-refractivity contribution in [2.75, 3.05) is 19.9 Å². The lowest BCUT2D eigenvalue weighted by atomic mass is 9.78. The number of benzene rings is 2. The van der Waals surface area contributed by atoms with Gasteiger partial charge in [-0.3, -0.25) is 0 Å². The molecular formula is C23H29FO4. The summed E-state index contributed by atoms with van der Waals surface area (Å²) in [4.78, 5) is 0. The van der Waals surface area contributed by atoms with Crippen LogP contribution in [0.3, 0.4) is 0 Å². The van der Waals surface area contributed by atoms with Crippen LogP contribution in [0.2, 0.25) is 0 Å². The molecule has 1 aliphatic rings. The third kappa shape index (κ3) is 5.24. The van der Waals surface area contributed by atoms with Crippen molar-refractivity contribution in [3.63, 3.8) is 0 Å². The summed E-state index contributed by atoms with van der Waals surface area (Å²) in [6.07, 6.45) is 1.95. The van der Waals surface area contributed by atoms with Gasteiger partial charge in [-0.05, 0) is 48.2 Å². The van der Waals surface area contributed by atoms with Crippen molar-refractivity contribution in [3.8, 4) is 11.5 Å². The van der Waals surface area contributed by atoms with Crippen LogP contribution in [0, 0.1) is 0 Å². The van der Waals surface area contributed by atoms with Gasteiger partial charge in [0.15, 0.2) is 6.29 Å². The fourth-order valence-electron chi connectivity index (χ4n) is 3.28. The van der Waals surface area contributed by atoms with E-state index in [-0.39, 0.29) is 18.3 Å². The molecule has 0 bridgehead atoms. The molecule has 1 heterocycles. The van der Waals surface area contributed by atoms with Crippen molar-refractivity contribution in [1.82, 2.24) is 0 Å². The standard InChI is InChI=1S/C23H29FO4/c1-23(2,17-6-10-20(11-7-17)27-16-19(25)15-24)18-8-12-21(13-9-18)28-22-5-3-4-14-26-22/h6-13,19,22,25H,3-5,14-16H2,1-2H3. The first-order chi connectivity index (χ1) is 13.5. The number of rotatable bonds is 8. The molecule has 2 unspecified atom stereocenters. The molecule has 0 spiro atoms. The van der Waals surface area contributed by atoms with Gasteiger partial charge < -0.3 is 19.3 Å². The first-order valence-electron chi connectivity index (χ1n) is 9.85. The monoisotopic (exact) mass is 388 g/mol. The highest BCUT2D eigenvalue weighted by molar-refractivity contribution is 5.41. The van der Waals surface area contributed by atoms with Crippen LogP contribution in [0.4, 0.5) is 4.39 Å². The van der Waals surface area contributed by atoms with E-state index in [1.54, 1.807) is 0 Å². The first kappa shape index (κ1) is 20.6. The number of aliphatic hydroxyl groups excluding tert-OH is 1. The largest absolute Gasteiger partial charge is 0.491 e. The van der Waals surface area contributed by atoms with E-state index in [0.717, 1.165) is 37.2 Å². The summed E-state index contributed by atoms with van der Waals surface area (Å²) in [5.74, 6) is 1.44. The summed E-state index contributed by atoms with van der Waals surface area (Å²) in [5, 5.41) is 9.26. The van der Waals surface area contributed by atoms with Crippen molar-refractivity contribution >= 4 is 0 Å². The second kappa shape index (κ2) is 9.39. The summed E-state index contributed by atoms with van der Waals surface area (Å²) in [7, 11) is 0. The third-order valence-electron chi connectivity index (χ3n) is 5.18. The quantitative estimate of drug-likeness (QED) is 0.716. The van der Waals surface area contributed by atoms with E-state index >= 15 is 0 Å². The van der Waals surface area contributed by atoms with E-state index in [4.69, 9.17) is 14.2 Å². The Hall–Kier alpha value is -2.11. The molecule has 0 aromatic heterocycles. The summed E-state index contributed by atoms with van der Waals surface area (Å²) < 4.78 is 29.3. The lowest BCUT2D eigenvalue weighted by Crippen LogP contribution is -2.25. The van der Waals surface area contributed by atoms with Crippen molar-refractivity contribution in [2.24, 2.45) is 0 Å². The van der Waals surface area contributed by atoms with Gasteiger partial charge in [0.2, 0.25) is 0 Å². The zero-order valence-corrected chi connectivity index (χ0v) is 16.6. The topological polar surface area (TPSA) is 47.9 Å². The van der Waals surface area contributed by atoms with Crippen LogP contribution < -0.4 is 9.47 Å². The summed E-state index contributed by atoms with van der Waals surface area (Å²) in [6.45, 7) is 4.23. The van der Waals surface area contributed by atoms with Crippen LogP contribution in [0.25, 0.3) is 0 Å². The molecule has 2 aromatic carbocycles. The number of aliphatic hydroxyl groups is 1. The smallest absolute Gasteiger partial charge is 0.199 e. The van der Waals surface area contributed by atoms with Gasteiger partial charge in [-0.1, -0.05) is 38.1 Å². The Bertz CT molecular complexity index is 721. The highest BCUT2D eigenvalue weighted by Gasteiger charge is 2.23. The average molecular weight is 388 g/mol. The molecule has 0 amide bonds. The lowest BCUT2D eigenvalue weighted by Gasteiger charge is -2.27. The molecule has 1 N–H and O–H groups in total. The highest BCUT2D eigenvalue weighted by Crippen LogP contribution is 2.33. The molecular weight excluding hydrogens is 359 g/mol. The van der Waals surface area contributed by atoms with E-state index in [0.29, 0.717) is 5.75 Å². The third-order valence-corrected chi connectivity index (χ3v) is 5.18. The minimum Gasteiger partial charge on any atom is -0.491 e. The molecule has 1 saturated heterocycles. The maximum atomic E-state index is 12.3. The zero-order valence-electron chi connectivity index (χ0n) is 16.6. The summed E-state index contributed by atoms with van der Waals surface area (Å²) >= 11 is 0. The van der Waals surface area contributed by atoms with Crippen LogP contribution in [0.15, 0.2) is 48.5 Å². The van der Waals surface area contributed by atoms with Gasteiger partial charge in [-0.25, -0.2) is 4.39 Å². The van der Waals surface area contributed by atoms with Crippen molar-refractivity contribution < 1.29 is 23.7 Å². The van der Waals surface area contributed by atoms with E-state index in [2.05, 4.69) is 26.0 Å². The number of hydrogen-bond acceptors (Lipinski definition) is 4. The molecule has 2 atom stereocenters. The van der Waals surface area contributed by atoms with Crippen LogP contribution >= 0.6 is 0 Å². The second-order valence-electron chi connectivity index (χ2n) is 7.71. The lowest BCUT2D eigenvalue weighted by molar-refractivity contribution is -0.105. The Morgan fingerprint density at radius 1 is 1.04 bits per heavy atom. The minimum atomic E-state index is -1.09. The Morgan fingerprint density at radius 3 is 2.18 bits per heavy atom. The molecule has 0 radical (unpaired) electrons. The number of halogens is 1. The van der Waals surface area contributed by atoms with Crippen LogP contribution in [0.5, 0.6) is 11.5 Å². The van der Waals surface area contributed by atoms with Crippen molar-refractivity contribution in [3.05, 3.63) is 59.7 Å². The van der Waals surface area contributed by atoms with E-state index < -0.39 is 12.8 Å². The predicted octanol–water partition coefficient (Wildman–Crippen LogP) is 4.63. The van der Waals surface area contributed by atoms with E-state index in [1.807, 2.05) is 36.4 Å². The molecule has 28 heavy (non-hydrogen) atoms. The number of hydrogen-bond donors (Lipinski definition) is 1. The Morgan fingerprint density at radius 2 is 1.64 bits per heavy atom. The van der Waals surface area contributed by atoms with Gasteiger partial charge in [0.25, 0.3) is 0 Å². The van der Waals surface area contributed by atoms with Crippen LogP contribution in [-0.4, -0.2) is 37.4 Å².